The Bertz CT molecular complexity index is 534. The highest BCUT2D eigenvalue weighted by atomic mass is 16.4. The second-order valence-corrected chi connectivity index (χ2v) is 4.75. The highest BCUT2D eigenvalue weighted by molar-refractivity contribution is 5.92. The molecule has 0 bridgehead atoms. The molecule has 0 aromatic heterocycles. The number of likely N-dealkylation sites (N-methyl/N-ethyl adjacent to an activating group) is 1. The van der Waals surface area contributed by atoms with Gasteiger partial charge in [-0.3, -0.25) is 14.5 Å². The average molecular weight is 289 g/mol. The van der Waals surface area contributed by atoms with E-state index in [0.29, 0.717) is 17.8 Å². The minimum absolute atomic E-state index is 0.00200. The smallest absolute Gasteiger partial charge is 0.304 e. The predicted octanol–water partition coefficient (Wildman–Crippen LogP) is 1.68. The summed E-state index contributed by atoms with van der Waals surface area (Å²) in [5.41, 5.74) is 1.14. The van der Waals surface area contributed by atoms with Crippen molar-refractivity contribution in [3.05, 3.63) is 29.8 Å². The Hall–Kier alpha value is -2.39. The van der Waals surface area contributed by atoms with Crippen LogP contribution < -0.4 is 5.32 Å². The van der Waals surface area contributed by atoms with Gasteiger partial charge < -0.3 is 10.4 Å². The second-order valence-electron chi connectivity index (χ2n) is 4.75. The molecular weight excluding hydrogens is 270 g/mol. The van der Waals surface area contributed by atoms with E-state index in [9.17, 15) is 9.59 Å². The van der Waals surface area contributed by atoms with E-state index in [2.05, 4.69) is 5.32 Å². The lowest BCUT2D eigenvalue weighted by Gasteiger charge is -2.25. The summed E-state index contributed by atoms with van der Waals surface area (Å²) in [4.78, 5) is 24.5. The molecule has 1 atom stereocenters. The van der Waals surface area contributed by atoms with Crippen LogP contribution in [0.4, 0.5) is 5.69 Å². The molecule has 0 heterocycles. The maximum absolute atomic E-state index is 12.0. The Kier molecular flexibility index (Phi) is 6.37. The van der Waals surface area contributed by atoms with E-state index in [-0.39, 0.29) is 24.9 Å². The van der Waals surface area contributed by atoms with Gasteiger partial charge in [-0.25, -0.2) is 0 Å². The van der Waals surface area contributed by atoms with E-state index in [1.807, 2.05) is 13.0 Å². The van der Waals surface area contributed by atoms with Crippen LogP contribution in [0.15, 0.2) is 24.3 Å². The number of carbonyl (C=O) groups excluding carboxylic acids is 1. The number of carboxylic acids is 1. The molecule has 2 N–H and O–H groups in total. The molecule has 1 aromatic rings. The molecule has 21 heavy (non-hydrogen) atoms. The number of aliphatic carboxylic acids is 1. The van der Waals surface area contributed by atoms with Crippen LogP contribution in [-0.2, 0) is 9.59 Å². The van der Waals surface area contributed by atoms with Gasteiger partial charge in [0.2, 0.25) is 5.91 Å². The Morgan fingerprint density at radius 1 is 1.38 bits per heavy atom. The van der Waals surface area contributed by atoms with Gasteiger partial charge in [-0.1, -0.05) is 6.92 Å². The van der Waals surface area contributed by atoms with E-state index in [1.165, 1.54) is 0 Å². The first-order valence-corrected chi connectivity index (χ1v) is 6.72. The van der Waals surface area contributed by atoms with Crippen LogP contribution in [0.25, 0.3) is 0 Å². The molecule has 0 aliphatic rings. The van der Waals surface area contributed by atoms with Gasteiger partial charge in [0.05, 0.1) is 24.6 Å². The van der Waals surface area contributed by atoms with E-state index in [0.717, 1.165) is 0 Å². The number of anilines is 1. The third-order valence-corrected chi connectivity index (χ3v) is 3.14. The van der Waals surface area contributed by atoms with Gasteiger partial charge in [-0.15, -0.1) is 0 Å². The molecular formula is C15H19N3O3. The van der Waals surface area contributed by atoms with Crippen LogP contribution in [-0.4, -0.2) is 41.0 Å². The van der Waals surface area contributed by atoms with Crippen LogP contribution in [0.2, 0.25) is 0 Å². The monoisotopic (exact) mass is 289 g/mol. The summed E-state index contributed by atoms with van der Waals surface area (Å²) >= 11 is 0. The summed E-state index contributed by atoms with van der Waals surface area (Å²) < 4.78 is 0. The van der Waals surface area contributed by atoms with Crippen molar-refractivity contribution in [3.63, 3.8) is 0 Å². The molecule has 0 saturated heterocycles. The largest absolute Gasteiger partial charge is 0.481 e. The first kappa shape index (κ1) is 16.7. The maximum Gasteiger partial charge on any atom is 0.304 e. The number of nitrogens with one attached hydrogen (secondary N) is 1. The van der Waals surface area contributed by atoms with E-state index in [4.69, 9.17) is 10.4 Å². The lowest BCUT2D eigenvalue weighted by atomic mass is 10.2. The first-order chi connectivity index (χ1) is 9.96. The van der Waals surface area contributed by atoms with Crippen LogP contribution in [0.1, 0.15) is 25.8 Å². The SMILES string of the molecule is CCN(CC(=O)Nc1ccc(C#N)cc1)C(C)CC(=O)O. The average Bonchev–Trinajstić information content (AvgIpc) is 2.44. The van der Waals surface area contributed by atoms with Gasteiger partial charge in [0, 0.05) is 11.7 Å². The molecule has 0 fully saturated rings. The van der Waals surface area contributed by atoms with Gasteiger partial charge in [0.15, 0.2) is 0 Å². The normalized spacial score (nSPS) is 11.7. The van der Waals surface area contributed by atoms with Crippen molar-refractivity contribution in [1.29, 1.82) is 5.26 Å². The molecule has 112 valence electrons. The Labute approximate surface area is 124 Å². The van der Waals surface area contributed by atoms with Gasteiger partial charge in [0.1, 0.15) is 0 Å². The molecule has 0 aliphatic carbocycles. The third-order valence-electron chi connectivity index (χ3n) is 3.14. The standard InChI is InChI=1S/C15H19N3O3/c1-3-18(11(2)8-15(20)21)10-14(19)17-13-6-4-12(9-16)5-7-13/h4-7,11H,3,8,10H2,1-2H3,(H,17,19)(H,20,21). The van der Waals surface area contributed by atoms with Crippen LogP contribution in [0.3, 0.4) is 0 Å². The zero-order valence-electron chi connectivity index (χ0n) is 12.2. The number of carboxylic acid groups (broad SMARTS) is 1. The zero-order chi connectivity index (χ0) is 15.8. The number of nitriles is 1. The zero-order valence-corrected chi connectivity index (χ0v) is 12.2. The van der Waals surface area contributed by atoms with Gasteiger partial charge in [0.25, 0.3) is 0 Å². The van der Waals surface area contributed by atoms with Crippen molar-refractivity contribution >= 4 is 17.6 Å². The molecule has 1 amide bonds. The quantitative estimate of drug-likeness (QED) is 0.796. The van der Waals surface area contributed by atoms with E-state index < -0.39 is 5.97 Å². The summed E-state index contributed by atoms with van der Waals surface area (Å²) in [5.74, 6) is -1.09. The fourth-order valence-electron chi connectivity index (χ4n) is 1.97. The van der Waals surface area contributed by atoms with E-state index >= 15 is 0 Å². The van der Waals surface area contributed by atoms with Crippen LogP contribution in [0.5, 0.6) is 0 Å². The second kappa shape index (κ2) is 8.02. The molecule has 0 saturated carbocycles. The third kappa shape index (κ3) is 5.63. The number of hydrogen-bond acceptors (Lipinski definition) is 4. The van der Waals surface area contributed by atoms with Gasteiger partial charge in [-0.05, 0) is 37.7 Å². The summed E-state index contributed by atoms with van der Waals surface area (Å²) in [5, 5.41) is 20.2. The summed E-state index contributed by atoms with van der Waals surface area (Å²) in [6, 6.07) is 8.37. The first-order valence-electron chi connectivity index (χ1n) is 6.72. The predicted molar refractivity (Wildman–Crippen MR) is 78.7 cm³/mol. The van der Waals surface area contributed by atoms with Crippen molar-refractivity contribution < 1.29 is 14.7 Å². The Balaban J connectivity index is 2.58. The molecule has 1 aromatic carbocycles. The van der Waals surface area contributed by atoms with Crippen molar-refractivity contribution in [2.24, 2.45) is 0 Å². The molecule has 1 unspecified atom stereocenters. The number of carbonyl (C=O) groups is 2. The lowest BCUT2D eigenvalue weighted by molar-refractivity contribution is -0.138. The van der Waals surface area contributed by atoms with Gasteiger partial charge >= 0.3 is 5.97 Å². The fourth-order valence-corrected chi connectivity index (χ4v) is 1.97. The molecule has 1 rings (SSSR count). The molecule has 0 spiro atoms. The molecule has 0 aliphatic heterocycles. The number of amides is 1. The van der Waals surface area contributed by atoms with Crippen LogP contribution in [0, 0.1) is 11.3 Å². The Morgan fingerprint density at radius 3 is 2.48 bits per heavy atom. The number of rotatable bonds is 7. The topological polar surface area (TPSA) is 93.4 Å². The molecule has 0 radical (unpaired) electrons. The molecule has 6 heteroatoms. The van der Waals surface area contributed by atoms with Crippen molar-refractivity contribution in [1.82, 2.24) is 4.90 Å². The number of hydrogen-bond donors (Lipinski definition) is 2. The number of nitrogens with zero attached hydrogens (tertiary/aromatic N) is 2. The van der Waals surface area contributed by atoms with Crippen molar-refractivity contribution in [2.75, 3.05) is 18.4 Å². The molecule has 6 nitrogen and oxygen atoms in total. The summed E-state index contributed by atoms with van der Waals surface area (Å²) in [6.07, 6.45) is -0.00200. The summed E-state index contributed by atoms with van der Waals surface area (Å²) in [6.45, 7) is 4.39. The highest BCUT2D eigenvalue weighted by Crippen LogP contribution is 2.09. The summed E-state index contributed by atoms with van der Waals surface area (Å²) in [7, 11) is 0. The van der Waals surface area contributed by atoms with Crippen molar-refractivity contribution in [2.45, 2.75) is 26.3 Å². The van der Waals surface area contributed by atoms with Crippen molar-refractivity contribution in [3.8, 4) is 6.07 Å². The number of benzene rings is 1. The maximum atomic E-state index is 12.0. The highest BCUT2D eigenvalue weighted by Gasteiger charge is 2.18. The van der Waals surface area contributed by atoms with E-state index in [1.54, 1.807) is 36.1 Å². The fraction of sp³-hybridized carbons (Fsp3) is 0.400. The van der Waals surface area contributed by atoms with Crippen LogP contribution >= 0.6 is 0 Å². The minimum atomic E-state index is -0.881. The minimum Gasteiger partial charge on any atom is -0.481 e. The lowest BCUT2D eigenvalue weighted by Crippen LogP contribution is -2.40. The van der Waals surface area contributed by atoms with Gasteiger partial charge in [-0.2, -0.15) is 5.26 Å². The Morgan fingerprint density at radius 2 is 2.00 bits per heavy atom.